The first-order chi connectivity index (χ1) is 13.1. The molecule has 2 aromatic rings. The average molecular weight is 393 g/mol. The first kappa shape index (κ1) is 19.4. The van der Waals surface area contributed by atoms with E-state index in [1.807, 2.05) is 6.07 Å². The van der Waals surface area contributed by atoms with Gasteiger partial charge in [0.05, 0.1) is 33.5 Å². The highest BCUT2D eigenvalue weighted by Crippen LogP contribution is 2.36. The number of hydrogen-bond donors (Lipinski definition) is 2. The molecule has 1 aliphatic rings. The lowest BCUT2D eigenvalue weighted by atomic mass is 9.97. The third kappa shape index (κ3) is 3.85. The van der Waals surface area contributed by atoms with Crippen molar-refractivity contribution < 1.29 is 24.1 Å². The molecule has 0 saturated carbocycles. The molecule has 146 valence electrons. The number of nitrogens with one attached hydrogen (secondary N) is 1. The van der Waals surface area contributed by atoms with Crippen LogP contribution in [0.25, 0.3) is 0 Å². The van der Waals surface area contributed by atoms with Crippen LogP contribution < -0.4 is 14.8 Å². The van der Waals surface area contributed by atoms with Crippen LogP contribution in [0.3, 0.4) is 0 Å². The Balaban J connectivity index is 1.98. The van der Waals surface area contributed by atoms with E-state index in [9.17, 15) is 9.90 Å². The summed E-state index contributed by atoms with van der Waals surface area (Å²) in [6.45, 7) is 0.548. The molecule has 2 heterocycles. The Morgan fingerprint density at radius 2 is 2.19 bits per heavy atom. The number of aliphatic hydroxyl groups excluding tert-OH is 1. The Morgan fingerprint density at radius 1 is 1.41 bits per heavy atom. The molecule has 1 fully saturated rings. The summed E-state index contributed by atoms with van der Waals surface area (Å²) in [6, 6.07) is 4.97. The van der Waals surface area contributed by atoms with Gasteiger partial charge in [-0.25, -0.2) is 4.98 Å². The van der Waals surface area contributed by atoms with Crippen LogP contribution in [0, 0.1) is 0 Å². The molecule has 8 nitrogen and oxygen atoms in total. The number of amides is 1. The lowest BCUT2D eigenvalue weighted by molar-refractivity contribution is -0.0812. The highest BCUT2D eigenvalue weighted by atomic mass is 32.1. The molecular formula is C18H23N3O5S. The number of hydrogen-bond acceptors (Lipinski definition) is 8. The predicted octanol–water partition coefficient (Wildman–Crippen LogP) is 1.78. The number of rotatable bonds is 6. The number of morpholine rings is 1. The number of nitrogens with zero attached hydrogens (tertiary/aromatic N) is 2. The van der Waals surface area contributed by atoms with Crippen molar-refractivity contribution in [3.8, 4) is 11.5 Å². The maximum atomic E-state index is 13.1. The van der Waals surface area contributed by atoms with Gasteiger partial charge in [-0.05, 0) is 17.7 Å². The molecule has 1 saturated heterocycles. The quantitative estimate of drug-likeness (QED) is 0.773. The summed E-state index contributed by atoms with van der Waals surface area (Å²) in [5.41, 5.74) is 1.16. The molecule has 1 aliphatic heterocycles. The Bertz CT molecular complexity index is 797. The molecular weight excluding hydrogens is 370 g/mol. The Kier molecular flexibility index (Phi) is 6.15. The van der Waals surface area contributed by atoms with Crippen LogP contribution >= 0.6 is 11.3 Å². The van der Waals surface area contributed by atoms with Gasteiger partial charge >= 0.3 is 0 Å². The topological polar surface area (TPSA) is 93.2 Å². The smallest absolute Gasteiger partial charge is 0.274 e. The second kappa shape index (κ2) is 8.55. The van der Waals surface area contributed by atoms with E-state index in [1.54, 1.807) is 43.7 Å². The lowest BCUT2D eigenvalue weighted by Crippen LogP contribution is -2.49. The predicted molar refractivity (Wildman–Crippen MR) is 102 cm³/mol. The van der Waals surface area contributed by atoms with E-state index < -0.39 is 12.1 Å². The van der Waals surface area contributed by atoms with Gasteiger partial charge in [0, 0.05) is 19.0 Å². The lowest BCUT2D eigenvalue weighted by Gasteiger charge is -2.40. The van der Waals surface area contributed by atoms with Crippen molar-refractivity contribution in [3.05, 3.63) is 34.8 Å². The minimum absolute atomic E-state index is 0.200. The normalized spacial score (nSPS) is 19.6. The Labute approximate surface area is 161 Å². The van der Waals surface area contributed by atoms with Crippen molar-refractivity contribution >= 4 is 22.4 Å². The Morgan fingerprint density at radius 3 is 2.81 bits per heavy atom. The second-order valence-electron chi connectivity index (χ2n) is 5.94. The van der Waals surface area contributed by atoms with Gasteiger partial charge in [0.1, 0.15) is 11.8 Å². The second-order valence-corrected chi connectivity index (χ2v) is 6.80. The molecule has 2 atom stereocenters. The first-order valence-corrected chi connectivity index (χ1v) is 9.39. The number of methoxy groups -OCH3 is 2. The number of aromatic nitrogens is 1. The highest BCUT2D eigenvalue weighted by molar-refractivity contribution is 7.13. The molecule has 1 amide bonds. The fraction of sp³-hybridized carbons (Fsp3) is 0.444. The number of benzene rings is 1. The number of carbonyl (C=O) groups excluding carboxylic acids is 1. The first-order valence-electron chi connectivity index (χ1n) is 8.51. The third-order valence-corrected chi connectivity index (χ3v) is 5.34. The fourth-order valence-electron chi connectivity index (χ4n) is 3.18. The molecule has 1 aromatic carbocycles. The minimum Gasteiger partial charge on any atom is -0.493 e. The molecule has 9 heteroatoms. The van der Waals surface area contributed by atoms with Crippen molar-refractivity contribution in [1.29, 1.82) is 0 Å². The summed E-state index contributed by atoms with van der Waals surface area (Å²) < 4.78 is 16.4. The van der Waals surface area contributed by atoms with Crippen LogP contribution in [0.1, 0.15) is 22.1 Å². The van der Waals surface area contributed by atoms with Crippen molar-refractivity contribution in [1.82, 2.24) is 9.88 Å². The van der Waals surface area contributed by atoms with E-state index in [1.165, 1.54) is 11.3 Å². The molecule has 0 spiro atoms. The van der Waals surface area contributed by atoms with Crippen LogP contribution in [0.4, 0.5) is 5.13 Å². The highest BCUT2D eigenvalue weighted by Gasteiger charge is 2.37. The summed E-state index contributed by atoms with van der Waals surface area (Å²) in [5.74, 6) is 0.944. The van der Waals surface area contributed by atoms with Gasteiger partial charge in [-0.2, -0.15) is 0 Å². The number of aliphatic hydroxyl groups is 1. The third-order valence-electron chi connectivity index (χ3n) is 4.48. The van der Waals surface area contributed by atoms with Gasteiger partial charge in [-0.15, -0.1) is 11.3 Å². The molecule has 27 heavy (non-hydrogen) atoms. The molecule has 2 N–H and O–H groups in total. The molecule has 0 unspecified atom stereocenters. The largest absolute Gasteiger partial charge is 0.493 e. The molecule has 1 aromatic heterocycles. The number of carbonyl (C=O) groups is 1. The monoisotopic (exact) mass is 393 g/mol. The van der Waals surface area contributed by atoms with Crippen LogP contribution in [-0.2, 0) is 4.74 Å². The van der Waals surface area contributed by atoms with Gasteiger partial charge in [0.25, 0.3) is 5.91 Å². The van der Waals surface area contributed by atoms with E-state index in [2.05, 4.69) is 10.3 Å². The van der Waals surface area contributed by atoms with E-state index in [-0.39, 0.29) is 12.5 Å². The van der Waals surface area contributed by atoms with E-state index in [4.69, 9.17) is 14.2 Å². The SMILES string of the molecule is CNc1nc(C(=O)N2CCO[C@H](CO)[C@H]2c2ccc(OC)c(OC)c2)cs1. The summed E-state index contributed by atoms with van der Waals surface area (Å²) in [7, 11) is 4.88. The zero-order valence-electron chi connectivity index (χ0n) is 15.5. The molecule has 3 rings (SSSR count). The molecule has 0 radical (unpaired) electrons. The van der Waals surface area contributed by atoms with Crippen LogP contribution in [0.5, 0.6) is 11.5 Å². The summed E-state index contributed by atoms with van der Waals surface area (Å²) in [4.78, 5) is 19.1. The van der Waals surface area contributed by atoms with Crippen LogP contribution in [-0.4, -0.2) is 68.0 Å². The van der Waals surface area contributed by atoms with Crippen LogP contribution in [0.15, 0.2) is 23.6 Å². The molecule has 0 aliphatic carbocycles. The van der Waals surface area contributed by atoms with Crippen molar-refractivity contribution in [2.75, 3.05) is 46.3 Å². The number of thiazole rings is 1. The zero-order chi connectivity index (χ0) is 19.4. The van der Waals surface area contributed by atoms with Gasteiger partial charge in [0.2, 0.25) is 0 Å². The standard InChI is InChI=1S/C18H23N3O5S/c1-19-18-20-12(10-27-18)17(23)21-6-7-26-15(9-22)16(21)11-4-5-13(24-2)14(8-11)25-3/h4-5,8,10,15-16,22H,6-7,9H2,1-3H3,(H,19,20)/t15-,16-/m1/s1. The summed E-state index contributed by atoms with van der Waals surface area (Å²) >= 11 is 1.37. The maximum absolute atomic E-state index is 13.1. The van der Waals surface area contributed by atoms with Crippen molar-refractivity contribution in [3.63, 3.8) is 0 Å². The van der Waals surface area contributed by atoms with E-state index >= 15 is 0 Å². The average Bonchev–Trinajstić information content (AvgIpc) is 3.21. The van der Waals surface area contributed by atoms with Gasteiger partial charge < -0.3 is 29.5 Å². The van der Waals surface area contributed by atoms with Crippen molar-refractivity contribution in [2.24, 2.45) is 0 Å². The van der Waals surface area contributed by atoms with Gasteiger partial charge in [-0.3, -0.25) is 4.79 Å². The zero-order valence-corrected chi connectivity index (χ0v) is 16.3. The van der Waals surface area contributed by atoms with Gasteiger partial charge in [-0.1, -0.05) is 6.07 Å². The van der Waals surface area contributed by atoms with Crippen molar-refractivity contribution in [2.45, 2.75) is 12.1 Å². The Hall–Kier alpha value is -2.36. The number of anilines is 1. The summed E-state index contributed by atoms with van der Waals surface area (Å²) in [5, 5.41) is 15.2. The fourth-order valence-corrected chi connectivity index (χ4v) is 3.82. The van der Waals surface area contributed by atoms with E-state index in [0.717, 1.165) is 5.56 Å². The minimum atomic E-state index is -0.539. The van der Waals surface area contributed by atoms with Gasteiger partial charge in [0.15, 0.2) is 16.6 Å². The molecule has 0 bridgehead atoms. The number of ether oxygens (including phenoxy) is 3. The summed E-state index contributed by atoms with van der Waals surface area (Å²) in [6.07, 6.45) is -0.539. The maximum Gasteiger partial charge on any atom is 0.274 e. The van der Waals surface area contributed by atoms with Crippen LogP contribution in [0.2, 0.25) is 0 Å². The van der Waals surface area contributed by atoms with E-state index in [0.29, 0.717) is 35.5 Å².